The van der Waals surface area contributed by atoms with Crippen LogP contribution in [0.2, 0.25) is 0 Å². The van der Waals surface area contributed by atoms with Crippen LogP contribution in [0.25, 0.3) is 0 Å². The Kier molecular flexibility index (Phi) is 6.58. The minimum Gasteiger partial charge on any atom is -0.338 e. The van der Waals surface area contributed by atoms with Gasteiger partial charge in [0, 0.05) is 25.9 Å². The van der Waals surface area contributed by atoms with Crippen molar-refractivity contribution in [1.29, 1.82) is 0 Å². The second kappa shape index (κ2) is 8.11. The smallest absolute Gasteiger partial charge is 0.108 e. The molecule has 0 bridgehead atoms. The fraction of sp³-hybridized carbons (Fsp3) is 0.615. The van der Waals surface area contributed by atoms with E-state index >= 15 is 0 Å². The number of rotatable bonds is 8. The third kappa shape index (κ3) is 5.12. The molecule has 3 nitrogen and oxygen atoms in total. The van der Waals surface area contributed by atoms with E-state index in [1.807, 2.05) is 19.4 Å². The van der Waals surface area contributed by atoms with Crippen molar-refractivity contribution < 1.29 is 0 Å². The van der Waals surface area contributed by atoms with E-state index in [0.29, 0.717) is 0 Å². The van der Waals surface area contributed by atoms with Gasteiger partial charge in [-0.05, 0) is 32.4 Å². The molecule has 1 aromatic rings. The van der Waals surface area contributed by atoms with E-state index in [2.05, 4.69) is 33.9 Å². The van der Waals surface area contributed by atoms with E-state index in [-0.39, 0.29) is 0 Å². The highest BCUT2D eigenvalue weighted by Crippen LogP contribution is 1.99. The fourth-order valence-electron chi connectivity index (χ4n) is 1.57. The predicted octanol–water partition coefficient (Wildman–Crippen LogP) is 2.30. The lowest BCUT2D eigenvalue weighted by Gasteiger charge is -1.99. The number of aromatic nitrogens is 2. The summed E-state index contributed by atoms with van der Waals surface area (Å²) >= 11 is 0. The molecule has 1 rings (SSSR count). The van der Waals surface area contributed by atoms with Gasteiger partial charge in [0.1, 0.15) is 5.82 Å². The summed E-state index contributed by atoms with van der Waals surface area (Å²) in [7, 11) is 2.04. The summed E-state index contributed by atoms with van der Waals surface area (Å²) < 4.78 is 2.08. The maximum atomic E-state index is 4.29. The van der Waals surface area contributed by atoms with Gasteiger partial charge in [-0.2, -0.15) is 0 Å². The number of imidazole rings is 1. The highest BCUT2D eigenvalue weighted by molar-refractivity contribution is 4.94. The summed E-state index contributed by atoms with van der Waals surface area (Å²) in [6.07, 6.45) is 12.8. The van der Waals surface area contributed by atoms with Crippen molar-refractivity contribution in [3.8, 4) is 0 Å². The Bertz CT molecular complexity index is 302. The van der Waals surface area contributed by atoms with E-state index in [4.69, 9.17) is 0 Å². The normalized spacial score (nSPS) is 11.4. The number of nitrogens with one attached hydrogen (secondary N) is 1. The molecule has 0 spiro atoms. The molecule has 0 radical (unpaired) electrons. The lowest BCUT2D eigenvalue weighted by Crippen LogP contribution is -2.14. The van der Waals surface area contributed by atoms with Crippen molar-refractivity contribution in [3.05, 3.63) is 30.4 Å². The Morgan fingerprint density at radius 3 is 2.81 bits per heavy atom. The fourth-order valence-corrected chi connectivity index (χ4v) is 1.57. The van der Waals surface area contributed by atoms with E-state index in [9.17, 15) is 0 Å². The Morgan fingerprint density at radius 1 is 1.31 bits per heavy atom. The van der Waals surface area contributed by atoms with Crippen molar-refractivity contribution in [2.24, 2.45) is 7.05 Å². The van der Waals surface area contributed by atoms with Crippen LogP contribution < -0.4 is 5.32 Å². The van der Waals surface area contributed by atoms with Crippen LogP contribution in [-0.2, 0) is 13.5 Å². The molecule has 0 aliphatic heterocycles. The maximum absolute atomic E-state index is 4.29. The SMILES string of the molecule is CCCNCC/C=C/CCc1nccn1C. The first-order valence-electron chi connectivity index (χ1n) is 6.16. The van der Waals surface area contributed by atoms with Crippen molar-refractivity contribution in [2.75, 3.05) is 13.1 Å². The average molecular weight is 221 g/mol. The number of nitrogens with zero attached hydrogens (tertiary/aromatic N) is 2. The summed E-state index contributed by atoms with van der Waals surface area (Å²) in [4.78, 5) is 4.29. The van der Waals surface area contributed by atoms with Crippen LogP contribution in [0.3, 0.4) is 0 Å². The van der Waals surface area contributed by atoms with Gasteiger partial charge >= 0.3 is 0 Å². The lowest BCUT2D eigenvalue weighted by molar-refractivity contribution is 0.677. The van der Waals surface area contributed by atoms with Gasteiger partial charge in [-0.1, -0.05) is 19.1 Å². The van der Waals surface area contributed by atoms with Gasteiger partial charge in [0.2, 0.25) is 0 Å². The van der Waals surface area contributed by atoms with Crippen LogP contribution >= 0.6 is 0 Å². The third-order valence-electron chi connectivity index (χ3n) is 2.54. The summed E-state index contributed by atoms with van der Waals surface area (Å²) in [5.74, 6) is 1.16. The molecular formula is C13H23N3. The molecule has 0 aromatic carbocycles. The highest BCUT2D eigenvalue weighted by atomic mass is 15.0. The quantitative estimate of drug-likeness (QED) is 0.539. The third-order valence-corrected chi connectivity index (χ3v) is 2.54. The molecule has 0 saturated carbocycles. The molecule has 0 aliphatic carbocycles. The second-order valence-electron chi connectivity index (χ2n) is 4.00. The van der Waals surface area contributed by atoms with Crippen molar-refractivity contribution in [1.82, 2.24) is 14.9 Å². The van der Waals surface area contributed by atoms with Crippen molar-refractivity contribution in [2.45, 2.75) is 32.6 Å². The predicted molar refractivity (Wildman–Crippen MR) is 68.4 cm³/mol. The lowest BCUT2D eigenvalue weighted by atomic mass is 10.2. The minimum absolute atomic E-state index is 1.03. The van der Waals surface area contributed by atoms with E-state index in [1.54, 1.807) is 0 Å². The number of hydrogen-bond donors (Lipinski definition) is 1. The molecule has 0 atom stereocenters. The highest BCUT2D eigenvalue weighted by Gasteiger charge is 1.95. The van der Waals surface area contributed by atoms with Gasteiger partial charge < -0.3 is 9.88 Å². The van der Waals surface area contributed by atoms with E-state index < -0.39 is 0 Å². The van der Waals surface area contributed by atoms with Crippen LogP contribution in [0.1, 0.15) is 32.0 Å². The molecule has 0 fully saturated rings. The first kappa shape index (κ1) is 13.0. The zero-order chi connectivity index (χ0) is 11.6. The first-order valence-corrected chi connectivity index (χ1v) is 6.16. The van der Waals surface area contributed by atoms with Gasteiger partial charge in [-0.15, -0.1) is 0 Å². The molecule has 0 unspecified atom stereocenters. The van der Waals surface area contributed by atoms with Crippen LogP contribution in [0.5, 0.6) is 0 Å². The molecular weight excluding hydrogens is 198 g/mol. The molecule has 1 N–H and O–H groups in total. The standard InChI is InChI=1S/C13H23N3/c1-3-9-14-10-7-5-4-6-8-13-15-11-12-16(13)2/h4-5,11-12,14H,3,6-10H2,1-2H3/b5-4+. The Morgan fingerprint density at radius 2 is 2.12 bits per heavy atom. The van der Waals surface area contributed by atoms with Gasteiger partial charge in [0.15, 0.2) is 0 Å². The second-order valence-corrected chi connectivity index (χ2v) is 4.00. The van der Waals surface area contributed by atoms with Crippen LogP contribution in [0.4, 0.5) is 0 Å². The van der Waals surface area contributed by atoms with Crippen molar-refractivity contribution in [3.63, 3.8) is 0 Å². The largest absolute Gasteiger partial charge is 0.338 e. The number of aryl methyl sites for hydroxylation is 2. The van der Waals surface area contributed by atoms with E-state index in [0.717, 1.165) is 38.2 Å². The van der Waals surface area contributed by atoms with E-state index in [1.165, 1.54) is 6.42 Å². The number of hydrogen-bond acceptors (Lipinski definition) is 2. The molecule has 3 heteroatoms. The summed E-state index contributed by atoms with van der Waals surface area (Å²) in [5.41, 5.74) is 0. The van der Waals surface area contributed by atoms with Crippen LogP contribution in [0, 0.1) is 0 Å². The Balaban J connectivity index is 2.02. The Labute approximate surface area is 98.6 Å². The molecule has 1 aromatic heterocycles. The molecule has 0 saturated heterocycles. The van der Waals surface area contributed by atoms with Crippen molar-refractivity contribution >= 4 is 0 Å². The van der Waals surface area contributed by atoms with Gasteiger partial charge in [-0.3, -0.25) is 0 Å². The summed E-state index contributed by atoms with van der Waals surface area (Å²) in [6, 6.07) is 0. The van der Waals surface area contributed by atoms with Gasteiger partial charge in [0.05, 0.1) is 0 Å². The Hall–Kier alpha value is -1.09. The van der Waals surface area contributed by atoms with Gasteiger partial charge in [-0.25, -0.2) is 4.98 Å². The molecule has 16 heavy (non-hydrogen) atoms. The summed E-state index contributed by atoms with van der Waals surface area (Å²) in [6.45, 7) is 4.41. The monoisotopic (exact) mass is 221 g/mol. The molecule has 90 valence electrons. The van der Waals surface area contributed by atoms with Crippen LogP contribution in [0.15, 0.2) is 24.5 Å². The van der Waals surface area contributed by atoms with Gasteiger partial charge in [0.25, 0.3) is 0 Å². The number of allylic oxidation sites excluding steroid dienone is 1. The first-order chi connectivity index (χ1) is 7.84. The minimum atomic E-state index is 1.03. The molecule has 1 heterocycles. The molecule has 0 aliphatic rings. The maximum Gasteiger partial charge on any atom is 0.108 e. The zero-order valence-corrected chi connectivity index (χ0v) is 10.4. The van der Waals surface area contributed by atoms with Crippen LogP contribution in [-0.4, -0.2) is 22.6 Å². The zero-order valence-electron chi connectivity index (χ0n) is 10.4. The molecule has 0 amide bonds. The summed E-state index contributed by atoms with van der Waals surface area (Å²) in [5, 5.41) is 3.38. The average Bonchev–Trinajstić information content (AvgIpc) is 2.68. The topological polar surface area (TPSA) is 29.9 Å².